The largest absolute Gasteiger partial charge is 0.480 e. The van der Waals surface area contributed by atoms with Crippen molar-refractivity contribution in [1.29, 1.82) is 0 Å². The van der Waals surface area contributed by atoms with Gasteiger partial charge in [-0.1, -0.05) is 0 Å². The molecule has 0 fully saturated rings. The van der Waals surface area contributed by atoms with E-state index in [4.69, 9.17) is 0 Å². The zero-order chi connectivity index (χ0) is 17.6. The highest BCUT2D eigenvalue weighted by Crippen LogP contribution is 2.11. The first-order valence-electron chi connectivity index (χ1n) is 7.69. The minimum Gasteiger partial charge on any atom is -0.480 e. The number of carboxylic acid groups (broad SMARTS) is 1. The van der Waals surface area contributed by atoms with Crippen LogP contribution in [-0.2, 0) is 17.8 Å². The number of rotatable bonds is 7. The Labute approximate surface area is 147 Å². The van der Waals surface area contributed by atoms with Crippen molar-refractivity contribution in [1.82, 2.24) is 25.0 Å². The minimum atomic E-state index is -1.06. The SMILES string of the molecule is O=C(NCc1cn2ccsc2n1)NC(CCc1ccncc1)C(=O)O. The molecule has 2 amide bonds. The molecule has 9 heteroatoms. The highest BCUT2D eigenvalue weighted by Gasteiger charge is 2.19. The second-order valence-corrected chi connectivity index (χ2v) is 6.31. The summed E-state index contributed by atoms with van der Waals surface area (Å²) in [5, 5.41) is 16.3. The molecule has 3 aromatic rings. The van der Waals surface area contributed by atoms with Crippen LogP contribution in [0, 0.1) is 0 Å². The van der Waals surface area contributed by atoms with E-state index in [0.717, 1.165) is 10.5 Å². The maximum atomic E-state index is 12.0. The first-order chi connectivity index (χ1) is 12.1. The van der Waals surface area contributed by atoms with Gasteiger partial charge in [0.25, 0.3) is 0 Å². The van der Waals surface area contributed by atoms with Crippen molar-refractivity contribution >= 4 is 28.3 Å². The number of aryl methyl sites for hydroxylation is 1. The van der Waals surface area contributed by atoms with E-state index in [1.54, 1.807) is 12.4 Å². The van der Waals surface area contributed by atoms with Gasteiger partial charge in [-0.15, -0.1) is 11.3 Å². The van der Waals surface area contributed by atoms with Gasteiger partial charge in [-0.05, 0) is 30.5 Å². The predicted molar refractivity (Wildman–Crippen MR) is 92.4 cm³/mol. The third-order valence-corrected chi connectivity index (χ3v) is 4.42. The quantitative estimate of drug-likeness (QED) is 0.595. The topological polar surface area (TPSA) is 109 Å². The fourth-order valence-electron chi connectivity index (χ4n) is 2.36. The number of nitrogens with zero attached hydrogens (tertiary/aromatic N) is 3. The summed E-state index contributed by atoms with van der Waals surface area (Å²) in [5.74, 6) is -1.06. The molecule has 130 valence electrons. The summed E-state index contributed by atoms with van der Waals surface area (Å²) in [5.41, 5.74) is 1.69. The van der Waals surface area contributed by atoms with Crippen LogP contribution in [0.2, 0.25) is 0 Å². The normalized spacial score (nSPS) is 12.0. The molecule has 3 heterocycles. The molecule has 1 unspecified atom stereocenters. The number of imidazole rings is 1. The van der Waals surface area contributed by atoms with Gasteiger partial charge in [-0.2, -0.15) is 0 Å². The van der Waals surface area contributed by atoms with E-state index in [-0.39, 0.29) is 6.54 Å². The third-order valence-electron chi connectivity index (χ3n) is 3.65. The van der Waals surface area contributed by atoms with Crippen molar-refractivity contribution in [2.24, 2.45) is 0 Å². The van der Waals surface area contributed by atoms with E-state index in [1.165, 1.54) is 11.3 Å². The number of fused-ring (bicyclic) bond motifs is 1. The smallest absolute Gasteiger partial charge is 0.326 e. The second kappa shape index (κ2) is 7.75. The van der Waals surface area contributed by atoms with Crippen LogP contribution in [0.5, 0.6) is 0 Å². The van der Waals surface area contributed by atoms with Gasteiger partial charge >= 0.3 is 12.0 Å². The lowest BCUT2D eigenvalue weighted by Crippen LogP contribution is -2.46. The fraction of sp³-hybridized carbons (Fsp3) is 0.250. The zero-order valence-electron chi connectivity index (χ0n) is 13.3. The molecule has 0 aromatic carbocycles. The highest BCUT2D eigenvalue weighted by atomic mass is 32.1. The van der Waals surface area contributed by atoms with Crippen molar-refractivity contribution in [3.05, 3.63) is 53.6 Å². The second-order valence-electron chi connectivity index (χ2n) is 5.44. The molecule has 1 atom stereocenters. The number of aliphatic carboxylic acids is 1. The van der Waals surface area contributed by atoms with Crippen LogP contribution in [0.3, 0.4) is 0 Å². The van der Waals surface area contributed by atoms with Crippen molar-refractivity contribution in [3.63, 3.8) is 0 Å². The van der Waals surface area contributed by atoms with E-state index in [2.05, 4.69) is 20.6 Å². The number of urea groups is 1. The molecule has 0 aliphatic carbocycles. The Morgan fingerprint density at radius 1 is 1.32 bits per heavy atom. The third kappa shape index (κ3) is 4.54. The summed E-state index contributed by atoms with van der Waals surface area (Å²) in [4.78, 5) is 32.4. The van der Waals surface area contributed by atoms with Gasteiger partial charge < -0.3 is 15.7 Å². The lowest BCUT2D eigenvalue weighted by Gasteiger charge is -2.15. The average Bonchev–Trinajstić information content (AvgIpc) is 3.19. The molecule has 25 heavy (non-hydrogen) atoms. The molecular weight excluding hydrogens is 342 g/mol. The standard InChI is InChI=1S/C16H17N5O3S/c22-14(23)13(2-1-11-3-5-17-6-4-11)20-15(24)18-9-12-10-21-7-8-25-16(21)19-12/h3-8,10,13H,1-2,9H2,(H,22,23)(H2,18,20,24). The number of amides is 2. The molecule has 0 saturated heterocycles. The number of carbonyl (C=O) groups is 2. The van der Waals surface area contributed by atoms with Crippen molar-refractivity contribution in [3.8, 4) is 0 Å². The maximum absolute atomic E-state index is 12.0. The van der Waals surface area contributed by atoms with Crippen LogP contribution in [0.15, 0.2) is 42.3 Å². The minimum absolute atomic E-state index is 0.233. The Balaban J connectivity index is 1.49. The van der Waals surface area contributed by atoms with Gasteiger partial charge in [0.1, 0.15) is 6.04 Å². The summed E-state index contributed by atoms with van der Waals surface area (Å²) < 4.78 is 1.87. The van der Waals surface area contributed by atoms with Gasteiger partial charge in [0.15, 0.2) is 4.96 Å². The Bertz CT molecular complexity index is 832. The van der Waals surface area contributed by atoms with Crippen LogP contribution in [0.25, 0.3) is 4.96 Å². The molecule has 3 rings (SSSR count). The maximum Gasteiger partial charge on any atom is 0.326 e. The van der Waals surface area contributed by atoms with E-state index in [9.17, 15) is 14.7 Å². The van der Waals surface area contributed by atoms with Crippen LogP contribution in [-0.4, -0.2) is 37.5 Å². The van der Waals surface area contributed by atoms with Gasteiger partial charge in [0.05, 0.1) is 12.2 Å². The lowest BCUT2D eigenvalue weighted by atomic mass is 10.1. The number of carboxylic acids is 1. The number of thiazole rings is 1. The molecule has 0 aliphatic rings. The number of hydrogen-bond acceptors (Lipinski definition) is 5. The van der Waals surface area contributed by atoms with Crippen LogP contribution < -0.4 is 10.6 Å². The van der Waals surface area contributed by atoms with Crippen LogP contribution in [0.4, 0.5) is 4.79 Å². The monoisotopic (exact) mass is 359 g/mol. The van der Waals surface area contributed by atoms with Crippen LogP contribution >= 0.6 is 11.3 Å². The van der Waals surface area contributed by atoms with Crippen LogP contribution in [0.1, 0.15) is 17.7 Å². The van der Waals surface area contributed by atoms with Crippen molar-refractivity contribution in [2.45, 2.75) is 25.4 Å². The Kier molecular flexibility index (Phi) is 5.24. The van der Waals surface area contributed by atoms with E-state index in [1.807, 2.05) is 34.3 Å². The molecule has 3 N–H and O–H groups in total. The first kappa shape index (κ1) is 16.9. The molecule has 0 aliphatic heterocycles. The zero-order valence-corrected chi connectivity index (χ0v) is 14.1. The van der Waals surface area contributed by atoms with E-state index in [0.29, 0.717) is 18.5 Å². The summed E-state index contributed by atoms with van der Waals surface area (Å²) in [6, 6.07) is 2.16. The molecule has 8 nitrogen and oxygen atoms in total. The van der Waals surface area contributed by atoms with Crippen molar-refractivity contribution < 1.29 is 14.7 Å². The number of carbonyl (C=O) groups excluding carboxylic acids is 1. The predicted octanol–water partition coefficient (Wildman–Crippen LogP) is 1.68. The average molecular weight is 359 g/mol. The highest BCUT2D eigenvalue weighted by molar-refractivity contribution is 7.15. The first-order valence-corrected chi connectivity index (χ1v) is 8.57. The molecular formula is C16H17N5O3S. The Morgan fingerprint density at radius 3 is 2.84 bits per heavy atom. The van der Waals surface area contributed by atoms with Gasteiger partial charge in [0.2, 0.25) is 0 Å². The summed E-state index contributed by atoms with van der Waals surface area (Å²) in [7, 11) is 0. The summed E-state index contributed by atoms with van der Waals surface area (Å²) in [6.45, 7) is 0.233. The fourth-order valence-corrected chi connectivity index (χ4v) is 3.08. The lowest BCUT2D eigenvalue weighted by molar-refractivity contribution is -0.139. The van der Waals surface area contributed by atoms with Crippen molar-refractivity contribution in [2.75, 3.05) is 0 Å². The number of aromatic nitrogens is 3. The molecule has 0 saturated carbocycles. The molecule has 0 radical (unpaired) electrons. The van der Waals surface area contributed by atoms with Gasteiger partial charge in [-0.25, -0.2) is 14.6 Å². The molecule has 0 bridgehead atoms. The summed E-state index contributed by atoms with van der Waals surface area (Å²) in [6.07, 6.45) is 7.85. The summed E-state index contributed by atoms with van der Waals surface area (Å²) >= 11 is 1.50. The number of pyridine rings is 1. The Hall–Kier alpha value is -2.94. The number of nitrogens with one attached hydrogen (secondary N) is 2. The molecule has 3 aromatic heterocycles. The molecule has 0 spiro atoms. The van der Waals surface area contributed by atoms with Gasteiger partial charge in [0, 0.05) is 30.2 Å². The number of hydrogen-bond donors (Lipinski definition) is 3. The van der Waals surface area contributed by atoms with E-state index >= 15 is 0 Å². The van der Waals surface area contributed by atoms with E-state index < -0.39 is 18.0 Å². The Morgan fingerprint density at radius 2 is 2.12 bits per heavy atom. The van der Waals surface area contributed by atoms with Gasteiger partial charge in [-0.3, -0.25) is 9.38 Å².